The van der Waals surface area contributed by atoms with Crippen LogP contribution < -0.4 is 14.7 Å². The van der Waals surface area contributed by atoms with Gasteiger partial charge in [0.1, 0.15) is 11.7 Å². The fourth-order valence-corrected chi connectivity index (χ4v) is 4.74. The number of carbonyl (C=O) groups is 2. The third-order valence-electron chi connectivity index (χ3n) is 6.04. The molecule has 2 aliphatic heterocycles. The molecule has 0 N–H and O–H groups in total. The molecule has 178 valence electrons. The molecule has 3 aromatic carbocycles. The first kappa shape index (κ1) is 22.8. The van der Waals surface area contributed by atoms with Crippen molar-refractivity contribution in [3.8, 4) is 5.75 Å². The standard InChI is InChI=1S/C25H20ClN3O6/c1-2-34-18-11-8-15(9-12-18)27-24(30)21-22(19-14-17(29(32)33)10-13-20(19)26)28(35-23(21)25(27)31)16-6-4-3-5-7-16/h3-14,21-23H,2H2,1H3/t21-,22-,23-/m1/s1. The van der Waals surface area contributed by atoms with Gasteiger partial charge in [-0.15, -0.1) is 0 Å². The van der Waals surface area contributed by atoms with Crippen molar-refractivity contribution >= 4 is 40.5 Å². The van der Waals surface area contributed by atoms with Crippen LogP contribution in [0.4, 0.5) is 17.1 Å². The second-order valence-corrected chi connectivity index (χ2v) is 8.47. The average molecular weight is 494 g/mol. The molecule has 5 rings (SSSR count). The Hall–Kier alpha value is -3.95. The summed E-state index contributed by atoms with van der Waals surface area (Å²) in [5.74, 6) is -1.35. The summed E-state index contributed by atoms with van der Waals surface area (Å²) in [6, 6.07) is 18.7. The number of ether oxygens (including phenoxy) is 1. The summed E-state index contributed by atoms with van der Waals surface area (Å²) in [7, 11) is 0. The highest BCUT2D eigenvalue weighted by atomic mass is 35.5. The van der Waals surface area contributed by atoms with Gasteiger partial charge in [0.15, 0.2) is 6.10 Å². The van der Waals surface area contributed by atoms with Gasteiger partial charge in [0.25, 0.3) is 11.6 Å². The van der Waals surface area contributed by atoms with Crippen molar-refractivity contribution < 1.29 is 24.1 Å². The lowest BCUT2D eigenvalue weighted by Crippen LogP contribution is -2.37. The molecule has 3 atom stereocenters. The summed E-state index contributed by atoms with van der Waals surface area (Å²) >= 11 is 6.48. The van der Waals surface area contributed by atoms with E-state index in [1.807, 2.05) is 13.0 Å². The van der Waals surface area contributed by atoms with Crippen LogP contribution in [0.3, 0.4) is 0 Å². The molecule has 2 amide bonds. The van der Waals surface area contributed by atoms with E-state index in [4.69, 9.17) is 21.2 Å². The Labute approximate surface area is 205 Å². The molecular formula is C25H20ClN3O6. The fraction of sp³-hybridized carbons (Fsp3) is 0.200. The summed E-state index contributed by atoms with van der Waals surface area (Å²) in [6.45, 7) is 2.34. The van der Waals surface area contributed by atoms with Crippen LogP contribution in [-0.4, -0.2) is 29.4 Å². The van der Waals surface area contributed by atoms with Crippen molar-refractivity contribution in [1.29, 1.82) is 0 Å². The Bertz CT molecular complexity index is 1300. The molecule has 0 unspecified atom stereocenters. The Morgan fingerprint density at radius 3 is 2.37 bits per heavy atom. The topological polar surface area (TPSA) is 102 Å². The maximum Gasteiger partial charge on any atom is 0.269 e. The highest BCUT2D eigenvalue weighted by Gasteiger charge is 2.60. The summed E-state index contributed by atoms with van der Waals surface area (Å²) in [4.78, 5) is 45.2. The first-order valence-corrected chi connectivity index (χ1v) is 11.3. The van der Waals surface area contributed by atoms with E-state index in [-0.39, 0.29) is 10.7 Å². The minimum Gasteiger partial charge on any atom is -0.494 e. The zero-order valence-corrected chi connectivity index (χ0v) is 19.3. The lowest BCUT2D eigenvalue weighted by Gasteiger charge is -2.29. The van der Waals surface area contributed by atoms with Gasteiger partial charge in [-0.1, -0.05) is 29.8 Å². The average Bonchev–Trinajstić information content (AvgIpc) is 3.36. The number of non-ortho nitro benzene ring substituents is 1. The number of benzene rings is 3. The molecule has 3 aromatic rings. The largest absolute Gasteiger partial charge is 0.494 e. The molecule has 0 radical (unpaired) electrons. The SMILES string of the molecule is CCOc1ccc(N2C(=O)[C@@H]3[C@@H](c4cc([N+](=O)[O-])ccc4Cl)N(c4ccccc4)O[C@H]3C2=O)cc1. The second kappa shape index (κ2) is 9.01. The molecule has 0 spiro atoms. The monoisotopic (exact) mass is 493 g/mol. The lowest BCUT2D eigenvalue weighted by atomic mass is 9.90. The van der Waals surface area contributed by atoms with Gasteiger partial charge in [-0.2, -0.15) is 0 Å². The smallest absolute Gasteiger partial charge is 0.269 e. The van der Waals surface area contributed by atoms with E-state index in [9.17, 15) is 19.7 Å². The van der Waals surface area contributed by atoms with E-state index < -0.39 is 34.8 Å². The number of nitro benzene ring substituents is 1. The van der Waals surface area contributed by atoms with Crippen LogP contribution in [0.1, 0.15) is 18.5 Å². The van der Waals surface area contributed by atoms with Gasteiger partial charge in [0, 0.05) is 22.7 Å². The molecule has 2 saturated heterocycles. The van der Waals surface area contributed by atoms with Gasteiger partial charge in [-0.25, -0.2) is 9.96 Å². The number of anilines is 2. The van der Waals surface area contributed by atoms with E-state index in [0.717, 1.165) is 4.90 Å². The number of rotatable bonds is 6. The molecule has 2 aliphatic rings. The summed E-state index contributed by atoms with van der Waals surface area (Å²) in [5.41, 5.74) is 1.12. The number of imide groups is 1. The van der Waals surface area contributed by atoms with Crippen molar-refractivity contribution in [2.75, 3.05) is 16.6 Å². The number of nitrogens with zero attached hydrogens (tertiary/aromatic N) is 3. The van der Waals surface area contributed by atoms with Crippen molar-refractivity contribution in [3.05, 3.63) is 93.5 Å². The van der Waals surface area contributed by atoms with Crippen LogP contribution in [0.15, 0.2) is 72.8 Å². The minimum atomic E-state index is -1.12. The second-order valence-electron chi connectivity index (χ2n) is 8.06. The number of para-hydroxylation sites is 1. The van der Waals surface area contributed by atoms with Crippen LogP contribution in [0, 0.1) is 16.0 Å². The van der Waals surface area contributed by atoms with E-state index in [1.165, 1.54) is 23.3 Å². The first-order valence-electron chi connectivity index (χ1n) is 11.0. The number of hydrogen-bond acceptors (Lipinski definition) is 7. The Kier molecular flexibility index (Phi) is 5.88. The third kappa shape index (κ3) is 3.88. The summed E-state index contributed by atoms with van der Waals surface area (Å²) in [5, 5.41) is 13.1. The molecule has 2 heterocycles. The minimum absolute atomic E-state index is 0.180. The number of nitro groups is 1. The van der Waals surface area contributed by atoms with Gasteiger partial charge >= 0.3 is 0 Å². The van der Waals surface area contributed by atoms with Gasteiger partial charge < -0.3 is 4.74 Å². The van der Waals surface area contributed by atoms with Crippen LogP contribution in [0.5, 0.6) is 5.75 Å². The number of hydroxylamine groups is 1. The van der Waals surface area contributed by atoms with E-state index >= 15 is 0 Å². The van der Waals surface area contributed by atoms with Crippen LogP contribution in [-0.2, 0) is 14.4 Å². The number of amides is 2. The van der Waals surface area contributed by atoms with Crippen LogP contribution >= 0.6 is 11.6 Å². The van der Waals surface area contributed by atoms with Crippen molar-refractivity contribution in [1.82, 2.24) is 0 Å². The molecule has 10 heteroatoms. The molecule has 0 aromatic heterocycles. The molecule has 35 heavy (non-hydrogen) atoms. The maximum atomic E-state index is 13.7. The van der Waals surface area contributed by atoms with Crippen molar-refractivity contribution in [2.24, 2.45) is 5.92 Å². The van der Waals surface area contributed by atoms with Gasteiger partial charge in [-0.3, -0.25) is 24.5 Å². The summed E-state index contributed by atoms with van der Waals surface area (Å²) < 4.78 is 5.44. The van der Waals surface area contributed by atoms with Gasteiger partial charge in [0.05, 0.1) is 28.9 Å². The van der Waals surface area contributed by atoms with Gasteiger partial charge in [-0.05, 0) is 49.4 Å². The van der Waals surface area contributed by atoms with E-state index in [2.05, 4.69) is 0 Å². The Morgan fingerprint density at radius 1 is 1.00 bits per heavy atom. The van der Waals surface area contributed by atoms with Gasteiger partial charge in [0.2, 0.25) is 5.91 Å². The molecule has 0 aliphatic carbocycles. The maximum absolute atomic E-state index is 13.7. The molecule has 2 fully saturated rings. The molecule has 0 bridgehead atoms. The third-order valence-corrected chi connectivity index (χ3v) is 6.39. The number of carbonyl (C=O) groups excluding carboxylic acids is 2. The number of halogens is 1. The highest BCUT2D eigenvalue weighted by Crippen LogP contribution is 2.49. The van der Waals surface area contributed by atoms with Crippen molar-refractivity contribution in [3.63, 3.8) is 0 Å². The quantitative estimate of drug-likeness (QED) is 0.278. The Morgan fingerprint density at radius 2 is 1.71 bits per heavy atom. The van der Waals surface area contributed by atoms with Crippen molar-refractivity contribution in [2.45, 2.75) is 19.1 Å². The summed E-state index contributed by atoms with van der Waals surface area (Å²) in [6.07, 6.45) is -1.12. The van der Waals surface area contributed by atoms with Crippen LogP contribution in [0.25, 0.3) is 0 Å². The van der Waals surface area contributed by atoms with E-state index in [0.29, 0.717) is 29.3 Å². The molecule has 9 nitrogen and oxygen atoms in total. The van der Waals surface area contributed by atoms with E-state index in [1.54, 1.807) is 48.5 Å². The highest BCUT2D eigenvalue weighted by molar-refractivity contribution is 6.31. The zero-order chi connectivity index (χ0) is 24.7. The fourth-order valence-electron chi connectivity index (χ4n) is 4.51. The number of hydrogen-bond donors (Lipinski definition) is 0. The Balaban J connectivity index is 1.58. The first-order chi connectivity index (χ1) is 16.9. The molecule has 0 saturated carbocycles. The van der Waals surface area contributed by atoms with Crippen LogP contribution in [0.2, 0.25) is 5.02 Å². The zero-order valence-electron chi connectivity index (χ0n) is 18.5. The lowest BCUT2D eigenvalue weighted by molar-refractivity contribution is -0.384. The number of fused-ring (bicyclic) bond motifs is 1. The predicted octanol–water partition coefficient (Wildman–Crippen LogP) is 4.70. The predicted molar refractivity (Wildman–Crippen MR) is 128 cm³/mol. The molecular weight excluding hydrogens is 474 g/mol. The normalized spacial score (nSPS) is 21.4.